The molecule has 0 aliphatic carbocycles. The number of morpholine rings is 1. The third-order valence-electron chi connectivity index (χ3n) is 4.71. The van der Waals surface area contributed by atoms with Crippen LogP contribution in [0.2, 0.25) is 0 Å². The smallest absolute Gasteiger partial charge is 0.0970 e. The Morgan fingerprint density at radius 3 is 2.60 bits per heavy atom. The molecular weight excluding hydrogens is 250 g/mol. The van der Waals surface area contributed by atoms with Crippen molar-refractivity contribution in [3.63, 3.8) is 0 Å². The molecule has 2 atom stereocenters. The van der Waals surface area contributed by atoms with Crippen molar-refractivity contribution in [1.29, 1.82) is 0 Å². The lowest BCUT2D eigenvalue weighted by molar-refractivity contribution is -0.0734. The Morgan fingerprint density at radius 1 is 1.30 bits per heavy atom. The molecule has 0 bridgehead atoms. The molecule has 3 heteroatoms. The van der Waals surface area contributed by atoms with Crippen molar-refractivity contribution in [2.75, 3.05) is 26.3 Å². The summed E-state index contributed by atoms with van der Waals surface area (Å²) in [7, 11) is 0. The van der Waals surface area contributed by atoms with Gasteiger partial charge in [0.1, 0.15) is 0 Å². The summed E-state index contributed by atoms with van der Waals surface area (Å²) in [6.07, 6.45) is 1.46. The van der Waals surface area contributed by atoms with Crippen LogP contribution in [0.1, 0.15) is 44.4 Å². The quantitative estimate of drug-likeness (QED) is 0.898. The minimum atomic E-state index is -0.461. The minimum absolute atomic E-state index is 0.226. The van der Waals surface area contributed by atoms with Crippen molar-refractivity contribution in [3.05, 3.63) is 35.4 Å². The first-order chi connectivity index (χ1) is 9.61. The highest BCUT2D eigenvalue weighted by atomic mass is 16.5. The van der Waals surface area contributed by atoms with E-state index in [1.165, 1.54) is 5.56 Å². The molecule has 0 saturated carbocycles. The highest BCUT2D eigenvalue weighted by Gasteiger charge is 2.38. The van der Waals surface area contributed by atoms with E-state index in [0.717, 1.165) is 44.7 Å². The number of aliphatic hydroxyl groups is 1. The van der Waals surface area contributed by atoms with E-state index < -0.39 is 6.10 Å². The summed E-state index contributed by atoms with van der Waals surface area (Å²) in [5.74, 6) is 0. The van der Waals surface area contributed by atoms with E-state index in [4.69, 9.17) is 4.74 Å². The molecule has 1 aliphatic rings. The molecule has 1 N–H and O–H groups in total. The molecule has 0 aromatic heterocycles. The molecule has 1 fully saturated rings. The lowest BCUT2D eigenvalue weighted by Crippen LogP contribution is -2.54. The number of hydrogen-bond acceptors (Lipinski definition) is 3. The second kappa shape index (κ2) is 6.70. The van der Waals surface area contributed by atoms with Gasteiger partial charge in [0.2, 0.25) is 0 Å². The summed E-state index contributed by atoms with van der Waals surface area (Å²) in [6.45, 7) is 9.79. The average molecular weight is 277 g/mol. The predicted octanol–water partition coefficient (Wildman–Crippen LogP) is 2.78. The fourth-order valence-corrected chi connectivity index (χ4v) is 3.01. The van der Waals surface area contributed by atoms with Crippen LogP contribution in [0.15, 0.2) is 24.3 Å². The number of aliphatic hydroxyl groups excluding tert-OH is 1. The average Bonchev–Trinajstić information content (AvgIpc) is 2.54. The largest absolute Gasteiger partial charge is 0.386 e. The summed E-state index contributed by atoms with van der Waals surface area (Å²) in [5.41, 5.74) is 2.08. The Bertz CT molecular complexity index is 429. The first kappa shape index (κ1) is 15.5. The molecule has 1 heterocycles. The summed E-state index contributed by atoms with van der Waals surface area (Å²) in [6, 6.07) is 8.35. The molecule has 1 saturated heterocycles. The molecule has 2 rings (SSSR count). The van der Waals surface area contributed by atoms with Crippen molar-refractivity contribution in [3.8, 4) is 0 Å². The van der Waals surface area contributed by atoms with Crippen molar-refractivity contribution < 1.29 is 9.84 Å². The third kappa shape index (κ3) is 3.05. The molecule has 20 heavy (non-hydrogen) atoms. The molecule has 0 radical (unpaired) electrons. The fourth-order valence-electron chi connectivity index (χ4n) is 3.01. The van der Waals surface area contributed by atoms with Gasteiger partial charge in [-0.2, -0.15) is 0 Å². The first-order valence-corrected chi connectivity index (χ1v) is 7.71. The number of ether oxygens (including phenoxy) is 1. The van der Waals surface area contributed by atoms with Crippen LogP contribution in [0.25, 0.3) is 0 Å². The molecule has 3 nitrogen and oxygen atoms in total. The van der Waals surface area contributed by atoms with E-state index in [0.29, 0.717) is 0 Å². The summed E-state index contributed by atoms with van der Waals surface area (Å²) in [4.78, 5) is 2.37. The Kier molecular flexibility index (Phi) is 5.19. The van der Waals surface area contributed by atoms with Crippen LogP contribution in [-0.4, -0.2) is 41.8 Å². The zero-order valence-corrected chi connectivity index (χ0v) is 12.9. The second-order valence-corrected chi connectivity index (χ2v) is 5.81. The van der Waals surface area contributed by atoms with Crippen molar-refractivity contribution in [1.82, 2.24) is 4.90 Å². The van der Waals surface area contributed by atoms with Gasteiger partial charge in [-0.15, -0.1) is 0 Å². The Labute approximate surface area is 122 Å². The van der Waals surface area contributed by atoms with Gasteiger partial charge < -0.3 is 9.84 Å². The van der Waals surface area contributed by atoms with Gasteiger partial charge in [0.25, 0.3) is 0 Å². The van der Waals surface area contributed by atoms with Crippen LogP contribution >= 0.6 is 0 Å². The van der Waals surface area contributed by atoms with Crippen molar-refractivity contribution in [2.45, 2.75) is 45.3 Å². The van der Waals surface area contributed by atoms with Gasteiger partial charge >= 0.3 is 0 Å². The van der Waals surface area contributed by atoms with Crippen molar-refractivity contribution >= 4 is 0 Å². The maximum absolute atomic E-state index is 10.9. The maximum atomic E-state index is 10.9. The normalized spacial score (nSPS) is 21.4. The fraction of sp³-hybridized carbons (Fsp3) is 0.647. The van der Waals surface area contributed by atoms with Crippen LogP contribution in [-0.2, 0) is 11.2 Å². The van der Waals surface area contributed by atoms with E-state index >= 15 is 0 Å². The maximum Gasteiger partial charge on any atom is 0.0970 e. The molecular formula is C17H27NO2. The minimum Gasteiger partial charge on any atom is -0.386 e. The highest BCUT2D eigenvalue weighted by Crippen LogP contribution is 2.35. The highest BCUT2D eigenvalue weighted by molar-refractivity contribution is 5.27. The molecule has 1 aromatic rings. The predicted molar refractivity (Wildman–Crippen MR) is 81.9 cm³/mol. The number of nitrogens with zero attached hydrogens (tertiary/aromatic N) is 1. The number of aryl methyl sites for hydroxylation is 1. The third-order valence-corrected chi connectivity index (χ3v) is 4.71. The zero-order chi connectivity index (χ0) is 14.6. The second-order valence-electron chi connectivity index (χ2n) is 5.81. The van der Waals surface area contributed by atoms with E-state index in [1.807, 2.05) is 12.1 Å². The van der Waals surface area contributed by atoms with E-state index in [1.54, 1.807) is 0 Å². The summed E-state index contributed by atoms with van der Waals surface area (Å²) in [5, 5.41) is 10.9. The summed E-state index contributed by atoms with van der Waals surface area (Å²) < 4.78 is 5.44. The topological polar surface area (TPSA) is 32.7 Å². The zero-order valence-electron chi connectivity index (χ0n) is 12.9. The lowest BCUT2D eigenvalue weighted by atomic mass is 9.84. The van der Waals surface area contributed by atoms with Gasteiger partial charge in [-0.3, -0.25) is 4.90 Å². The Balaban J connectivity index is 2.24. The van der Waals surface area contributed by atoms with Crippen LogP contribution in [0.5, 0.6) is 0 Å². The Hall–Kier alpha value is -0.900. The van der Waals surface area contributed by atoms with Gasteiger partial charge in [0.15, 0.2) is 0 Å². The van der Waals surface area contributed by atoms with E-state index in [-0.39, 0.29) is 5.54 Å². The SMILES string of the molecule is CCc1cccc(C(O)C(C)(CC)N2CCOCC2)c1. The van der Waals surface area contributed by atoms with Crippen molar-refractivity contribution in [2.24, 2.45) is 0 Å². The first-order valence-electron chi connectivity index (χ1n) is 7.71. The molecule has 112 valence electrons. The van der Waals surface area contributed by atoms with Gasteiger partial charge in [0.05, 0.1) is 19.3 Å². The van der Waals surface area contributed by atoms with Gasteiger partial charge in [-0.05, 0) is 30.9 Å². The van der Waals surface area contributed by atoms with Crippen LogP contribution in [0, 0.1) is 0 Å². The monoisotopic (exact) mass is 277 g/mol. The number of hydrogen-bond donors (Lipinski definition) is 1. The number of benzene rings is 1. The van der Waals surface area contributed by atoms with Crippen LogP contribution in [0.3, 0.4) is 0 Å². The van der Waals surface area contributed by atoms with E-state index in [2.05, 4.69) is 37.8 Å². The summed E-state index contributed by atoms with van der Waals surface area (Å²) >= 11 is 0. The van der Waals surface area contributed by atoms with Gasteiger partial charge in [-0.1, -0.05) is 38.1 Å². The Morgan fingerprint density at radius 2 is 2.00 bits per heavy atom. The molecule has 1 aromatic carbocycles. The molecule has 2 unspecified atom stereocenters. The molecule has 1 aliphatic heterocycles. The standard InChI is InChI=1S/C17H27NO2/c1-4-14-7-6-8-15(13-14)16(19)17(3,5-2)18-9-11-20-12-10-18/h6-8,13,16,19H,4-5,9-12H2,1-3H3. The number of rotatable bonds is 5. The van der Waals surface area contributed by atoms with Crippen LogP contribution in [0.4, 0.5) is 0 Å². The van der Waals surface area contributed by atoms with Crippen LogP contribution < -0.4 is 0 Å². The van der Waals surface area contributed by atoms with Gasteiger partial charge in [-0.25, -0.2) is 0 Å². The molecule has 0 amide bonds. The van der Waals surface area contributed by atoms with E-state index in [9.17, 15) is 5.11 Å². The van der Waals surface area contributed by atoms with Gasteiger partial charge in [0, 0.05) is 18.6 Å². The lowest BCUT2D eigenvalue weighted by Gasteiger charge is -2.46. The molecule has 0 spiro atoms.